The molecule has 0 spiro atoms. The Balaban J connectivity index is 0.00000361. The second-order valence-electron chi connectivity index (χ2n) is 4.73. The molecule has 20 heavy (non-hydrogen) atoms. The van der Waals surface area contributed by atoms with Gasteiger partial charge >= 0.3 is 0 Å². The number of aliphatic imine (C=N–C) groups is 1. The maximum Gasteiger partial charge on any atom is 0.191 e. The van der Waals surface area contributed by atoms with E-state index in [1.54, 1.807) is 26.1 Å². The van der Waals surface area contributed by atoms with Gasteiger partial charge in [-0.25, -0.2) is 4.39 Å². The number of rotatable bonds is 5. The van der Waals surface area contributed by atoms with Gasteiger partial charge in [-0.2, -0.15) is 0 Å². The fraction of sp³-hybridized carbons (Fsp3) is 0.533. The Morgan fingerprint density at radius 1 is 1.40 bits per heavy atom. The molecule has 0 aliphatic heterocycles. The van der Waals surface area contributed by atoms with E-state index in [1.165, 1.54) is 0 Å². The van der Waals surface area contributed by atoms with Gasteiger partial charge in [-0.05, 0) is 37.5 Å². The quantitative estimate of drug-likeness (QED) is 0.346. The first-order valence-electron chi connectivity index (χ1n) is 6.81. The van der Waals surface area contributed by atoms with E-state index < -0.39 is 0 Å². The van der Waals surface area contributed by atoms with Gasteiger partial charge in [0, 0.05) is 13.6 Å². The monoisotopic (exact) mass is 393 g/mol. The van der Waals surface area contributed by atoms with Gasteiger partial charge in [0.2, 0.25) is 0 Å². The van der Waals surface area contributed by atoms with Crippen LogP contribution in [0.4, 0.5) is 4.39 Å². The number of hydrogen-bond donors (Lipinski definition) is 2. The lowest BCUT2D eigenvalue weighted by Gasteiger charge is -2.18. The summed E-state index contributed by atoms with van der Waals surface area (Å²) in [6.45, 7) is 6.81. The molecule has 1 rings (SSSR count). The van der Waals surface area contributed by atoms with E-state index in [1.807, 2.05) is 13.0 Å². The van der Waals surface area contributed by atoms with Crippen LogP contribution in [-0.4, -0.2) is 19.6 Å². The zero-order valence-corrected chi connectivity index (χ0v) is 15.0. The van der Waals surface area contributed by atoms with Crippen LogP contribution in [0.15, 0.2) is 23.2 Å². The molecule has 1 atom stereocenters. The molecule has 0 saturated heterocycles. The van der Waals surface area contributed by atoms with Crippen LogP contribution in [0.2, 0.25) is 0 Å². The third kappa shape index (κ3) is 6.07. The molecular formula is C15H25FIN3. The molecule has 3 nitrogen and oxygen atoms in total. The van der Waals surface area contributed by atoms with Crippen LogP contribution in [-0.2, 0) is 0 Å². The van der Waals surface area contributed by atoms with Crippen LogP contribution in [0.3, 0.4) is 0 Å². The minimum absolute atomic E-state index is 0. The zero-order chi connectivity index (χ0) is 14.3. The lowest BCUT2D eigenvalue weighted by atomic mass is 10.1. The summed E-state index contributed by atoms with van der Waals surface area (Å²) < 4.78 is 13.5. The summed E-state index contributed by atoms with van der Waals surface area (Å²) >= 11 is 0. The van der Waals surface area contributed by atoms with E-state index in [9.17, 15) is 4.39 Å². The summed E-state index contributed by atoms with van der Waals surface area (Å²) in [4.78, 5) is 4.17. The minimum Gasteiger partial charge on any atom is -0.356 e. The Kier molecular flexibility index (Phi) is 9.54. The van der Waals surface area contributed by atoms with Crippen LogP contribution in [0.5, 0.6) is 0 Å². The third-order valence-corrected chi connectivity index (χ3v) is 3.10. The van der Waals surface area contributed by atoms with Crippen molar-refractivity contribution in [1.29, 1.82) is 0 Å². The lowest BCUT2D eigenvalue weighted by molar-refractivity contribution is 0.607. The number of aryl methyl sites for hydroxylation is 1. The van der Waals surface area contributed by atoms with Gasteiger partial charge in [0.25, 0.3) is 0 Å². The molecule has 2 N–H and O–H groups in total. The molecule has 1 unspecified atom stereocenters. The van der Waals surface area contributed by atoms with Crippen LogP contribution in [0, 0.1) is 12.7 Å². The van der Waals surface area contributed by atoms with Gasteiger partial charge in [-0.1, -0.05) is 25.5 Å². The molecule has 114 valence electrons. The summed E-state index contributed by atoms with van der Waals surface area (Å²) in [5, 5.41) is 6.50. The molecule has 0 saturated carbocycles. The van der Waals surface area contributed by atoms with Gasteiger partial charge in [0.15, 0.2) is 5.96 Å². The first-order chi connectivity index (χ1) is 9.08. The average Bonchev–Trinajstić information content (AvgIpc) is 2.40. The van der Waals surface area contributed by atoms with Gasteiger partial charge in [0.1, 0.15) is 5.82 Å². The molecule has 0 aliphatic rings. The largest absolute Gasteiger partial charge is 0.356 e. The Labute approximate surface area is 138 Å². The number of halogens is 2. The van der Waals surface area contributed by atoms with Crippen molar-refractivity contribution in [3.05, 3.63) is 35.1 Å². The highest BCUT2D eigenvalue weighted by Gasteiger charge is 2.09. The smallest absolute Gasteiger partial charge is 0.191 e. The van der Waals surface area contributed by atoms with E-state index in [2.05, 4.69) is 22.5 Å². The maximum atomic E-state index is 13.5. The Morgan fingerprint density at radius 2 is 2.10 bits per heavy atom. The molecule has 0 aromatic heterocycles. The number of guanidine groups is 1. The minimum atomic E-state index is -0.167. The molecule has 0 bridgehead atoms. The normalized spacial score (nSPS) is 12.6. The van der Waals surface area contributed by atoms with Crippen molar-refractivity contribution >= 4 is 29.9 Å². The van der Waals surface area contributed by atoms with E-state index in [0.29, 0.717) is 5.56 Å². The van der Waals surface area contributed by atoms with E-state index in [4.69, 9.17) is 0 Å². The summed E-state index contributed by atoms with van der Waals surface area (Å²) in [5.74, 6) is 0.585. The molecule has 0 radical (unpaired) electrons. The van der Waals surface area contributed by atoms with E-state index in [-0.39, 0.29) is 35.8 Å². The molecule has 0 heterocycles. The molecule has 1 aromatic rings. The predicted molar refractivity (Wildman–Crippen MR) is 94.4 cm³/mol. The van der Waals surface area contributed by atoms with Crippen molar-refractivity contribution in [2.75, 3.05) is 13.6 Å². The van der Waals surface area contributed by atoms with Crippen molar-refractivity contribution < 1.29 is 4.39 Å². The second kappa shape index (κ2) is 9.96. The molecule has 0 amide bonds. The van der Waals surface area contributed by atoms with Gasteiger partial charge in [0.05, 0.1) is 6.04 Å². The van der Waals surface area contributed by atoms with Crippen molar-refractivity contribution in [2.24, 2.45) is 4.99 Å². The first kappa shape index (κ1) is 19.1. The van der Waals surface area contributed by atoms with Gasteiger partial charge < -0.3 is 10.6 Å². The number of nitrogens with one attached hydrogen (secondary N) is 2. The predicted octanol–water partition coefficient (Wildman–Crippen LogP) is 3.78. The number of unbranched alkanes of at least 4 members (excludes halogenated alkanes) is 1. The molecule has 0 aliphatic carbocycles. The first-order valence-corrected chi connectivity index (χ1v) is 6.81. The molecule has 1 aromatic carbocycles. The van der Waals surface area contributed by atoms with Crippen LogP contribution in [0.1, 0.15) is 43.9 Å². The van der Waals surface area contributed by atoms with Crippen molar-refractivity contribution in [3.63, 3.8) is 0 Å². The Bertz CT molecular complexity index is 435. The van der Waals surface area contributed by atoms with Gasteiger partial charge in [-0.15, -0.1) is 24.0 Å². The summed E-state index contributed by atoms with van der Waals surface area (Å²) in [7, 11) is 1.74. The topological polar surface area (TPSA) is 36.4 Å². The summed E-state index contributed by atoms with van der Waals surface area (Å²) in [6, 6.07) is 5.33. The average molecular weight is 393 g/mol. The van der Waals surface area contributed by atoms with Crippen molar-refractivity contribution in [2.45, 2.75) is 39.7 Å². The standard InChI is InChI=1S/C15H24FN3.HI/c1-5-6-9-18-15(17-4)19-12(3)13-8-7-11(2)14(16)10-13;/h7-8,10,12H,5-6,9H2,1-4H3,(H2,17,18,19);1H. The summed E-state index contributed by atoms with van der Waals surface area (Å²) in [5.41, 5.74) is 1.59. The third-order valence-electron chi connectivity index (χ3n) is 3.10. The van der Waals surface area contributed by atoms with Crippen LogP contribution in [0.25, 0.3) is 0 Å². The Hall–Kier alpha value is -0.850. The molecular weight excluding hydrogens is 368 g/mol. The highest BCUT2D eigenvalue weighted by atomic mass is 127. The van der Waals surface area contributed by atoms with E-state index in [0.717, 1.165) is 30.9 Å². The Morgan fingerprint density at radius 3 is 2.65 bits per heavy atom. The lowest BCUT2D eigenvalue weighted by Crippen LogP contribution is -2.39. The molecule has 0 fully saturated rings. The highest BCUT2D eigenvalue weighted by molar-refractivity contribution is 14.0. The van der Waals surface area contributed by atoms with Crippen LogP contribution < -0.4 is 10.6 Å². The number of hydrogen-bond acceptors (Lipinski definition) is 1. The maximum absolute atomic E-state index is 13.5. The number of nitrogens with zero attached hydrogens (tertiary/aromatic N) is 1. The van der Waals surface area contributed by atoms with Gasteiger partial charge in [-0.3, -0.25) is 4.99 Å². The van der Waals surface area contributed by atoms with Crippen molar-refractivity contribution in [1.82, 2.24) is 10.6 Å². The fourth-order valence-electron chi connectivity index (χ4n) is 1.75. The SMILES string of the molecule is CCCCNC(=NC)NC(C)c1ccc(C)c(F)c1.I. The van der Waals surface area contributed by atoms with E-state index >= 15 is 0 Å². The highest BCUT2D eigenvalue weighted by Crippen LogP contribution is 2.16. The second-order valence-corrected chi connectivity index (χ2v) is 4.73. The summed E-state index contributed by atoms with van der Waals surface area (Å²) in [6.07, 6.45) is 2.25. The zero-order valence-electron chi connectivity index (χ0n) is 12.7. The van der Waals surface area contributed by atoms with Crippen LogP contribution >= 0.6 is 24.0 Å². The molecule has 5 heteroatoms. The van der Waals surface area contributed by atoms with Crippen molar-refractivity contribution in [3.8, 4) is 0 Å². The fourth-order valence-corrected chi connectivity index (χ4v) is 1.75. The number of benzene rings is 1.